The number of fused-ring (bicyclic) bond motifs is 1. The maximum atomic E-state index is 12.2. The van der Waals surface area contributed by atoms with E-state index in [4.69, 9.17) is 5.11 Å². The number of hydrogen-bond donors (Lipinski definition) is 2. The van der Waals surface area contributed by atoms with Crippen LogP contribution < -0.4 is 5.32 Å². The van der Waals surface area contributed by atoms with Gasteiger partial charge in [0, 0.05) is 19.4 Å². The number of amides is 1. The molecule has 118 valence electrons. The van der Waals surface area contributed by atoms with Gasteiger partial charge >= 0.3 is 5.97 Å². The van der Waals surface area contributed by atoms with E-state index in [9.17, 15) is 9.59 Å². The smallest absolute Gasteiger partial charge is 0.339 e. The number of nitrogens with zero attached hydrogens (tertiary/aromatic N) is 6. The number of nitrogens with one attached hydrogen (secondary N) is 1. The first-order valence-corrected chi connectivity index (χ1v) is 7.15. The molecule has 3 aromatic rings. The predicted molar refractivity (Wildman–Crippen MR) is 79.8 cm³/mol. The van der Waals surface area contributed by atoms with Gasteiger partial charge in [-0.15, -0.1) is 5.10 Å². The van der Waals surface area contributed by atoms with Gasteiger partial charge in [-0.2, -0.15) is 10.1 Å². The van der Waals surface area contributed by atoms with Crippen LogP contribution in [0.2, 0.25) is 0 Å². The summed E-state index contributed by atoms with van der Waals surface area (Å²) in [6.07, 6.45) is 4.40. The molecule has 0 aromatic carbocycles. The lowest BCUT2D eigenvalue weighted by atomic mass is 10.2. The summed E-state index contributed by atoms with van der Waals surface area (Å²) < 4.78 is 3.42. The van der Waals surface area contributed by atoms with E-state index in [0.29, 0.717) is 11.6 Å². The molecular weight excluding hydrogens is 370 g/mol. The summed E-state index contributed by atoms with van der Waals surface area (Å²) in [5.41, 5.74) is -0.208. The van der Waals surface area contributed by atoms with E-state index >= 15 is 0 Å². The fourth-order valence-corrected chi connectivity index (χ4v) is 2.28. The zero-order valence-corrected chi connectivity index (χ0v) is 13.4. The minimum absolute atomic E-state index is 0.0318. The average molecular weight is 380 g/mol. The summed E-state index contributed by atoms with van der Waals surface area (Å²) in [5, 5.41) is 19.6. The summed E-state index contributed by atoms with van der Waals surface area (Å²) in [5.74, 6) is -1.05. The summed E-state index contributed by atoms with van der Waals surface area (Å²) in [7, 11) is 1.49. The molecule has 0 aliphatic carbocycles. The van der Waals surface area contributed by atoms with Crippen molar-refractivity contribution in [3.8, 4) is 0 Å². The van der Waals surface area contributed by atoms with Crippen LogP contribution in [0.4, 0.5) is 0 Å². The molecule has 0 radical (unpaired) electrons. The minimum Gasteiger partial charge on any atom is -0.478 e. The summed E-state index contributed by atoms with van der Waals surface area (Å²) in [4.78, 5) is 31.5. The molecule has 0 saturated carbocycles. The number of carboxylic acids is 1. The number of rotatable bonds is 4. The standard InChI is InChI=1S/C12H10BrN7O3/c1-19-9(7(3-16-19)11(22)23)10(21)14-4-8-17-12-15-2-6(13)5-20(12)18-8/h2-3,5H,4H2,1H3,(H,14,21)(H,22,23). The fourth-order valence-electron chi connectivity index (χ4n) is 1.98. The highest BCUT2D eigenvalue weighted by molar-refractivity contribution is 9.10. The van der Waals surface area contributed by atoms with E-state index in [2.05, 4.69) is 41.4 Å². The highest BCUT2D eigenvalue weighted by Crippen LogP contribution is 2.09. The van der Waals surface area contributed by atoms with Crippen molar-refractivity contribution in [1.29, 1.82) is 0 Å². The van der Waals surface area contributed by atoms with Gasteiger partial charge in [0.25, 0.3) is 11.7 Å². The summed E-state index contributed by atoms with van der Waals surface area (Å²) >= 11 is 3.27. The number of carboxylic acid groups (broad SMARTS) is 1. The van der Waals surface area contributed by atoms with Crippen molar-refractivity contribution in [2.24, 2.45) is 7.05 Å². The van der Waals surface area contributed by atoms with Gasteiger partial charge in [-0.05, 0) is 15.9 Å². The van der Waals surface area contributed by atoms with Crippen LogP contribution in [0, 0.1) is 0 Å². The Morgan fingerprint density at radius 2 is 2.17 bits per heavy atom. The first-order chi connectivity index (χ1) is 11.0. The van der Waals surface area contributed by atoms with Gasteiger partial charge in [-0.3, -0.25) is 9.48 Å². The highest BCUT2D eigenvalue weighted by Gasteiger charge is 2.21. The lowest BCUT2D eigenvalue weighted by Gasteiger charge is -2.04. The molecule has 0 aliphatic heterocycles. The SMILES string of the molecule is Cn1ncc(C(=O)O)c1C(=O)NCc1nc2ncc(Br)cn2n1. The van der Waals surface area contributed by atoms with Crippen molar-refractivity contribution in [3.05, 3.63) is 40.1 Å². The Bertz CT molecular complexity index is 917. The molecule has 0 aliphatic rings. The number of halogens is 1. The van der Waals surface area contributed by atoms with Crippen LogP contribution in [-0.4, -0.2) is 46.3 Å². The van der Waals surface area contributed by atoms with Crippen LogP contribution in [0.3, 0.4) is 0 Å². The third-order valence-corrected chi connectivity index (χ3v) is 3.41. The molecule has 1 amide bonds. The van der Waals surface area contributed by atoms with Crippen LogP contribution in [0.1, 0.15) is 26.7 Å². The van der Waals surface area contributed by atoms with E-state index < -0.39 is 11.9 Å². The van der Waals surface area contributed by atoms with Crippen LogP contribution in [-0.2, 0) is 13.6 Å². The van der Waals surface area contributed by atoms with Gasteiger partial charge < -0.3 is 10.4 Å². The van der Waals surface area contributed by atoms with E-state index in [1.807, 2.05) is 0 Å². The van der Waals surface area contributed by atoms with Gasteiger partial charge in [0.1, 0.15) is 11.3 Å². The topological polar surface area (TPSA) is 127 Å². The van der Waals surface area contributed by atoms with Gasteiger partial charge in [-0.25, -0.2) is 14.3 Å². The van der Waals surface area contributed by atoms with Gasteiger partial charge in [-0.1, -0.05) is 0 Å². The quantitative estimate of drug-likeness (QED) is 0.664. The molecule has 3 aromatic heterocycles. The first-order valence-electron chi connectivity index (χ1n) is 6.36. The van der Waals surface area contributed by atoms with Crippen LogP contribution >= 0.6 is 15.9 Å². The summed E-state index contributed by atoms with van der Waals surface area (Å²) in [6.45, 7) is 0.0318. The molecule has 2 N–H and O–H groups in total. The Morgan fingerprint density at radius 3 is 2.91 bits per heavy atom. The first kappa shape index (κ1) is 15.1. The molecule has 10 nitrogen and oxygen atoms in total. The molecule has 0 fully saturated rings. The monoisotopic (exact) mass is 379 g/mol. The van der Waals surface area contributed by atoms with Crippen molar-refractivity contribution in [2.75, 3.05) is 0 Å². The third kappa shape index (κ3) is 2.90. The molecule has 0 atom stereocenters. The zero-order valence-electron chi connectivity index (χ0n) is 11.8. The molecule has 3 rings (SSSR count). The number of aromatic nitrogens is 6. The molecule has 11 heteroatoms. The number of carbonyl (C=O) groups excluding carboxylic acids is 1. The second kappa shape index (κ2) is 5.76. The van der Waals surface area contributed by atoms with Crippen LogP contribution in [0.25, 0.3) is 5.78 Å². The zero-order chi connectivity index (χ0) is 16.6. The maximum Gasteiger partial charge on any atom is 0.339 e. The lowest BCUT2D eigenvalue weighted by Crippen LogP contribution is -2.27. The Balaban J connectivity index is 1.78. The normalized spacial score (nSPS) is 10.9. The molecule has 0 spiro atoms. The Morgan fingerprint density at radius 1 is 1.39 bits per heavy atom. The van der Waals surface area contributed by atoms with Gasteiger partial charge in [0.15, 0.2) is 5.82 Å². The van der Waals surface area contributed by atoms with E-state index in [-0.39, 0.29) is 17.8 Å². The molecule has 3 heterocycles. The maximum absolute atomic E-state index is 12.2. The Labute approximate surface area is 137 Å². The molecule has 0 bridgehead atoms. The molecule has 0 unspecified atom stereocenters. The number of hydrogen-bond acceptors (Lipinski definition) is 6. The average Bonchev–Trinajstić information content (AvgIpc) is 3.07. The number of carbonyl (C=O) groups is 2. The predicted octanol–water partition coefficient (Wildman–Crippen LogP) is 0.248. The molecular formula is C12H10BrN7O3. The highest BCUT2D eigenvalue weighted by atomic mass is 79.9. The van der Waals surface area contributed by atoms with Gasteiger partial charge in [0.2, 0.25) is 0 Å². The Hall–Kier alpha value is -2.82. The largest absolute Gasteiger partial charge is 0.478 e. The van der Waals surface area contributed by atoms with E-state index in [0.717, 1.165) is 10.7 Å². The number of aromatic carboxylic acids is 1. The van der Waals surface area contributed by atoms with Gasteiger partial charge in [0.05, 0.1) is 17.2 Å². The van der Waals surface area contributed by atoms with Crippen LogP contribution in [0.5, 0.6) is 0 Å². The second-order valence-electron chi connectivity index (χ2n) is 4.56. The summed E-state index contributed by atoms with van der Waals surface area (Å²) in [6, 6.07) is 0. The van der Waals surface area contributed by atoms with E-state index in [1.54, 1.807) is 12.4 Å². The lowest BCUT2D eigenvalue weighted by molar-refractivity contribution is 0.0690. The Kier molecular flexibility index (Phi) is 3.78. The third-order valence-electron chi connectivity index (χ3n) is 3.00. The fraction of sp³-hybridized carbons (Fsp3) is 0.167. The van der Waals surface area contributed by atoms with Crippen LogP contribution in [0.15, 0.2) is 23.1 Å². The molecule has 23 heavy (non-hydrogen) atoms. The van der Waals surface area contributed by atoms with Crippen molar-refractivity contribution >= 4 is 33.6 Å². The van der Waals surface area contributed by atoms with Crippen molar-refractivity contribution < 1.29 is 14.7 Å². The molecule has 0 saturated heterocycles. The van der Waals surface area contributed by atoms with Crippen molar-refractivity contribution in [3.63, 3.8) is 0 Å². The van der Waals surface area contributed by atoms with E-state index in [1.165, 1.54) is 16.2 Å². The van der Waals surface area contributed by atoms with Crippen molar-refractivity contribution in [2.45, 2.75) is 6.54 Å². The minimum atomic E-state index is -1.22. The van der Waals surface area contributed by atoms with Crippen molar-refractivity contribution in [1.82, 2.24) is 34.7 Å². The second-order valence-corrected chi connectivity index (χ2v) is 5.48. The number of aryl methyl sites for hydroxylation is 1.